The minimum absolute atomic E-state index is 0.125. The molecule has 0 saturated carbocycles. The summed E-state index contributed by atoms with van der Waals surface area (Å²) >= 11 is 0. The van der Waals surface area contributed by atoms with Crippen molar-refractivity contribution < 1.29 is 22.3 Å². The monoisotopic (exact) mass is 471 g/mol. The van der Waals surface area contributed by atoms with E-state index in [-0.39, 0.29) is 17.4 Å². The smallest absolute Gasteiger partial charge is 0.381 e. The van der Waals surface area contributed by atoms with Gasteiger partial charge in [-0.1, -0.05) is 6.07 Å². The fraction of sp³-hybridized carbons (Fsp3) is 0.292. The van der Waals surface area contributed by atoms with Crippen LogP contribution in [0.3, 0.4) is 0 Å². The van der Waals surface area contributed by atoms with Crippen LogP contribution in [0.25, 0.3) is 28.2 Å². The molecular weight excluding hydrogens is 450 g/mol. The number of anilines is 1. The standard InChI is InChI=1S/C24H21F4N5O/c1-14-2-5-19-20(12-14)33(21-6-9-29-23(32-21)30-16-7-10-34-11-8-16)22(31-19)15-3-4-18(25)17(13-15)24(26,27)28/h2-6,9,12-13,16H,7-8,10-11H2,1H3,(H,29,30,32). The number of aryl methyl sites for hydroxylation is 1. The van der Waals surface area contributed by atoms with Gasteiger partial charge in [0.1, 0.15) is 17.5 Å². The molecule has 34 heavy (non-hydrogen) atoms. The lowest BCUT2D eigenvalue weighted by Crippen LogP contribution is -2.28. The molecule has 1 N–H and O–H groups in total. The summed E-state index contributed by atoms with van der Waals surface area (Å²) in [6, 6.07) is 10.3. The zero-order valence-corrected chi connectivity index (χ0v) is 18.2. The minimum Gasteiger partial charge on any atom is -0.381 e. The summed E-state index contributed by atoms with van der Waals surface area (Å²) in [5.74, 6) is -0.271. The maximum Gasteiger partial charge on any atom is 0.419 e. The van der Waals surface area contributed by atoms with E-state index in [0.717, 1.165) is 30.5 Å². The van der Waals surface area contributed by atoms with E-state index >= 15 is 0 Å². The number of benzene rings is 2. The lowest BCUT2D eigenvalue weighted by molar-refractivity contribution is -0.139. The second kappa shape index (κ2) is 8.68. The topological polar surface area (TPSA) is 64.9 Å². The fourth-order valence-electron chi connectivity index (χ4n) is 4.06. The molecule has 176 valence electrons. The quantitative estimate of drug-likeness (QED) is 0.396. The molecule has 0 spiro atoms. The van der Waals surface area contributed by atoms with Crippen LogP contribution in [0.4, 0.5) is 23.5 Å². The van der Waals surface area contributed by atoms with Crippen LogP contribution < -0.4 is 5.32 Å². The summed E-state index contributed by atoms with van der Waals surface area (Å²) in [6.45, 7) is 3.21. The van der Waals surface area contributed by atoms with E-state index in [9.17, 15) is 17.6 Å². The van der Waals surface area contributed by atoms with Crippen molar-refractivity contribution >= 4 is 17.0 Å². The van der Waals surface area contributed by atoms with Crippen molar-refractivity contribution in [1.82, 2.24) is 19.5 Å². The summed E-state index contributed by atoms with van der Waals surface area (Å²) in [6.07, 6.45) is -1.60. The van der Waals surface area contributed by atoms with Gasteiger partial charge in [0.25, 0.3) is 0 Å². The Morgan fingerprint density at radius 2 is 1.82 bits per heavy atom. The summed E-state index contributed by atoms with van der Waals surface area (Å²) < 4.78 is 61.2. The maximum absolute atomic E-state index is 14.0. The van der Waals surface area contributed by atoms with E-state index in [1.54, 1.807) is 22.9 Å². The van der Waals surface area contributed by atoms with Gasteiger partial charge >= 0.3 is 6.18 Å². The number of fused-ring (bicyclic) bond motifs is 1. The van der Waals surface area contributed by atoms with Crippen molar-refractivity contribution in [3.8, 4) is 17.2 Å². The molecule has 0 aliphatic carbocycles. The zero-order valence-electron chi connectivity index (χ0n) is 18.2. The van der Waals surface area contributed by atoms with Gasteiger partial charge in [-0.2, -0.15) is 18.2 Å². The van der Waals surface area contributed by atoms with Crippen LogP contribution >= 0.6 is 0 Å². The number of nitrogens with one attached hydrogen (secondary N) is 1. The van der Waals surface area contributed by atoms with Gasteiger partial charge in [-0.25, -0.2) is 14.4 Å². The molecule has 1 aliphatic heterocycles. The number of ether oxygens (including phenoxy) is 1. The molecule has 1 aliphatic rings. The first-order valence-corrected chi connectivity index (χ1v) is 10.8. The molecule has 1 saturated heterocycles. The number of imidazole rings is 1. The van der Waals surface area contributed by atoms with Gasteiger partial charge in [0, 0.05) is 31.0 Å². The Morgan fingerprint density at radius 1 is 1.03 bits per heavy atom. The van der Waals surface area contributed by atoms with Crippen LogP contribution in [-0.4, -0.2) is 38.8 Å². The second-order valence-electron chi connectivity index (χ2n) is 8.22. The van der Waals surface area contributed by atoms with Gasteiger partial charge in [0.15, 0.2) is 0 Å². The number of halogens is 4. The third-order valence-electron chi connectivity index (χ3n) is 5.76. The average Bonchev–Trinajstić information content (AvgIpc) is 3.18. The Bertz CT molecular complexity index is 1350. The highest BCUT2D eigenvalue weighted by atomic mass is 19.4. The summed E-state index contributed by atoms with van der Waals surface area (Å²) in [4.78, 5) is 13.5. The fourth-order valence-corrected chi connectivity index (χ4v) is 4.06. The van der Waals surface area contributed by atoms with Crippen molar-refractivity contribution in [3.63, 3.8) is 0 Å². The van der Waals surface area contributed by atoms with Crippen LogP contribution in [0.15, 0.2) is 48.7 Å². The number of nitrogens with zero attached hydrogens (tertiary/aromatic N) is 4. The summed E-state index contributed by atoms with van der Waals surface area (Å²) in [5.41, 5.74) is 0.981. The van der Waals surface area contributed by atoms with Crippen LogP contribution in [0.1, 0.15) is 24.0 Å². The zero-order chi connectivity index (χ0) is 23.9. The van der Waals surface area contributed by atoms with Gasteiger partial charge in [0.2, 0.25) is 5.95 Å². The predicted molar refractivity (Wildman–Crippen MR) is 119 cm³/mol. The van der Waals surface area contributed by atoms with Gasteiger partial charge in [-0.15, -0.1) is 0 Å². The molecule has 4 aromatic rings. The molecule has 0 amide bonds. The van der Waals surface area contributed by atoms with Crippen molar-refractivity contribution in [2.75, 3.05) is 18.5 Å². The van der Waals surface area contributed by atoms with E-state index in [4.69, 9.17) is 4.74 Å². The molecule has 2 aromatic carbocycles. The van der Waals surface area contributed by atoms with Crippen molar-refractivity contribution in [1.29, 1.82) is 0 Å². The predicted octanol–water partition coefficient (Wildman–Crippen LogP) is 5.54. The van der Waals surface area contributed by atoms with E-state index in [0.29, 0.717) is 36.0 Å². The molecule has 2 aromatic heterocycles. The Balaban J connectivity index is 1.65. The molecule has 10 heteroatoms. The van der Waals surface area contributed by atoms with Gasteiger partial charge in [-0.3, -0.25) is 4.57 Å². The molecule has 3 heterocycles. The molecule has 0 unspecified atom stereocenters. The molecule has 0 bridgehead atoms. The minimum atomic E-state index is -4.83. The largest absolute Gasteiger partial charge is 0.419 e. The highest BCUT2D eigenvalue weighted by Crippen LogP contribution is 2.36. The van der Waals surface area contributed by atoms with E-state index in [1.807, 2.05) is 19.1 Å². The van der Waals surface area contributed by atoms with Gasteiger partial charge in [0.05, 0.1) is 16.6 Å². The molecule has 1 fully saturated rings. The Morgan fingerprint density at radius 3 is 2.59 bits per heavy atom. The van der Waals surface area contributed by atoms with E-state index < -0.39 is 17.6 Å². The van der Waals surface area contributed by atoms with Crippen molar-refractivity contribution in [2.24, 2.45) is 0 Å². The van der Waals surface area contributed by atoms with Gasteiger partial charge in [-0.05, 0) is 61.7 Å². The first kappa shape index (κ1) is 22.3. The number of aromatic nitrogens is 4. The van der Waals surface area contributed by atoms with Crippen LogP contribution in [0.5, 0.6) is 0 Å². The lowest BCUT2D eigenvalue weighted by atomic mass is 10.1. The average molecular weight is 471 g/mol. The molecule has 6 nitrogen and oxygen atoms in total. The Kier molecular flexibility index (Phi) is 5.68. The maximum atomic E-state index is 14.0. The van der Waals surface area contributed by atoms with Crippen molar-refractivity contribution in [3.05, 3.63) is 65.6 Å². The van der Waals surface area contributed by atoms with Crippen molar-refractivity contribution in [2.45, 2.75) is 32.0 Å². The summed E-state index contributed by atoms with van der Waals surface area (Å²) in [5, 5.41) is 3.30. The first-order valence-electron chi connectivity index (χ1n) is 10.8. The molecule has 0 atom stereocenters. The Labute approximate surface area is 192 Å². The normalized spacial score (nSPS) is 15.1. The molecule has 5 rings (SSSR count). The van der Waals surface area contributed by atoms with Crippen LogP contribution in [0.2, 0.25) is 0 Å². The van der Waals surface area contributed by atoms with Crippen LogP contribution in [0, 0.1) is 12.7 Å². The second-order valence-corrected chi connectivity index (χ2v) is 8.22. The van der Waals surface area contributed by atoms with E-state index in [2.05, 4.69) is 20.3 Å². The van der Waals surface area contributed by atoms with Crippen LogP contribution in [-0.2, 0) is 10.9 Å². The van der Waals surface area contributed by atoms with E-state index in [1.165, 1.54) is 6.07 Å². The number of hydrogen-bond acceptors (Lipinski definition) is 5. The first-order chi connectivity index (χ1) is 16.3. The highest BCUT2D eigenvalue weighted by molar-refractivity contribution is 5.83. The third kappa shape index (κ3) is 4.33. The highest BCUT2D eigenvalue weighted by Gasteiger charge is 2.34. The Hall–Kier alpha value is -3.53. The summed E-state index contributed by atoms with van der Waals surface area (Å²) in [7, 11) is 0. The van der Waals surface area contributed by atoms with Gasteiger partial charge < -0.3 is 10.1 Å². The molecule has 0 radical (unpaired) electrons. The number of alkyl halides is 3. The third-order valence-corrected chi connectivity index (χ3v) is 5.76. The number of rotatable bonds is 4. The number of hydrogen-bond donors (Lipinski definition) is 1. The SMILES string of the molecule is Cc1ccc2nc(-c3ccc(F)c(C(F)(F)F)c3)n(-c3ccnc(NC4CCOCC4)n3)c2c1. The molecular formula is C24H21F4N5O. The lowest BCUT2D eigenvalue weighted by Gasteiger charge is -2.23.